The van der Waals surface area contributed by atoms with Crippen LogP contribution in [-0.2, 0) is 0 Å². The number of nitrogens with zero attached hydrogens (tertiary/aromatic N) is 1. The summed E-state index contributed by atoms with van der Waals surface area (Å²) in [5.41, 5.74) is 6.89. The molecule has 2 atom stereocenters. The van der Waals surface area contributed by atoms with Crippen molar-refractivity contribution in [2.75, 3.05) is 33.0 Å². The van der Waals surface area contributed by atoms with Crippen molar-refractivity contribution < 1.29 is 14.3 Å². The van der Waals surface area contributed by atoms with Crippen molar-refractivity contribution in [3.8, 4) is 11.5 Å². The van der Waals surface area contributed by atoms with Crippen molar-refractivity contribution in [2.24, 2.45) is 11.8 Å². The second-order valence-electron chi connectivity index (χ2n) is 5.95. The Kier molecular flexibility index (Phi) is 4.60. The maximum Gasteiger partial charge on any atom is 0.256 e. The summed E-state index contributed by atoms with van der Waals surface area (Å²) in [6, 6.07) is 3.37. The first-order valence-corrected chi connectivity index (χ1v) is 7.27. The number of carbonyl (C=O) groups is 1. The van der Waals surface area contributed by atoms with E-state index >= 15 is 0 Å². The summed E-state index contributed by atoms with van der Waals surface area (Å²) in [6.45, 7) is 5.88. The molecule has 0 bridgehead atoms. The first-order chi connectivity index (χ1) is 9.96. The first kappa shape index (κ1) is 15.5. The fourth-order valence-electron chi connectivity index (χ4n) is 3.06. The molecule has 0 saturated carbocycles. The molecule has 0 aromatic heterocycles. The molecule has 1 aromatic carbocycles. The van der Waals surface area contributed by atoms with E-state index in [1.54, 1.807) is 19.2 Å². The molecule has 116 valence electrons. The summed E-state index contributed by atoms with van der Waals surface area (Å²) < 4.78 is 10.5. The SMILES string of the molecule is COc1cc(OC)c(N)c(C(=O)N2CC(C)CC(C)C2)c1. The summed E-state index contributed by atoms with van der Waals surface area (Å²) >= 11 is 0. The first-order valence-electron chi connectivity index (χ1n) is 7.27. The van der Waals surface area contributed by atoms with Gasteiger partial charge in [-0.2, -0.15) is 0 Å². The van der Waals surface area contributed by atoms with Gasteiger partial charge in [0, 0.05) is 19.2 Å². The van der Waals surface area contributed by atoms with Crippen molar-refractivity contribution in [3.05, 3.63) is 17.7 Å². The Labute approximate surface area is 126 Å². The van der Waals surface area contributed by atoms with E-state index in [2.05, 4.69) is 13.8 Å². The number of piperidine rings is 1. The third-order valence-electron chi connectivity index (χ3n) is 3.96. The van der Waals surface area contributed by atoms with Gasteiger partial charge < -0.3 is 20.1 Å². The van der Waals surface area contributed by atoms with Crippen LogP contribution in [0.5, 0.6) is 11.5 Å². The van der Waals surface area contributed by atoms with Gasteiger partial charge in [0.25, 0.3) is 5.91 Å². The summed E-state index contributed by atoms with van der Waals surface area (Å²) in [5, 5.41) is 0. The van der Waals surface area contributed by atoms with Gasteiger partial charge in [-0.05, 0) is 24.3 Å². The highest BCUT2D eigenvalue weighted by Crippen LogP contribution is 2.33. The van der Waals surface area contributed by atoms with Gasteiger partial charge in [0.2, 0.25) is 0 Å². The second-order valence-corrected chi connectivity index (χ2v) is 5.95. The molecule has 1 saturated heterocycles. The van der Waals surface area contributed by atoms with Crippen LogP contribution >= 0.6 is 0 Å². The molecular formula is C16H24N2O3. The molecule has 1 aliphatic rings. The molecule has 5 nitrogen and oxygen atoms in total. The van der Waals surface area contributed by atoms with E-state index in [0.29, 0.717) is 34.6 Å². The Morgan fingerprint density at radius 2 is 1.81 bits per heavy atom. The molecule has 2 unspecified atom stereocenters. The van der Waals surface area contributed by atoms with E-state index in [4.69, 9.17) is 15.2 Å². The van der Waals surface area contributed by atoms with Crippen molar-refractivity contribution in [1.82, 2.24) is 4.90 Å². The van der Waals surface area contributed by atoms with Crippen LogP contribution in [0, 0.1) is 11.8 Å². The van der Waals surface area contributed by atoms with Gasteiger partial charge in [-0.25, -0.2) is 0 Å². The van der Waals surface area contributed by atoms with Crippen LogP contribution in [0.3, 0.4) is 0 Å². The number of anilines is 1. The molecule has 1 aliphatic heterocycles. The topological polar surface area (TPSA) is 64.8 Å². The molecule has 5 heteroatoms. The minimum absolute atomic E-state index is 0.0527. The molecule has 21 heavy (non-hydrogen) atoms. The lowest BCUT2D eigenvalue weighted by molar-refractivity contribution is 0.0623. The zero-order chi connectivity index (χ0) is 15.6. The Balaban J connectivity index is 2.34. The Morgan fingerprint density at radius 1 is 1.19 bits per heavy atom. The fourth-order valence-corrected chi connectivity index (χ4v) is 3.06. The van der Waals surface area contributed by atoms with E-state index < -0.39 is 0 Å². The summed E-state index contributed by atoms with van der Waals surface area (Å²) in [7, 11) is 3.09. The monoisotopic (exact) mass is 292 g/mol. The molecule has 1 aromatic rings. The minimum Gasteiger partial charge on any atom is -0.497 e. The molecular weight excluding hydrogens is 268 g/mol. The summed E-state index contributed by atoms with van der Waals surface area (Å²) in [6.07, 6.45) is 1.15. The fraction of sp³-hybridized carbons (Fsp3) is 0.562. The van der Waals surface area contributed by atoms with Crippen LogP contribution in [0.25, 0.3) is 0 Å². The predicted molar refractivity (Wildman–Crippen MR) is 82.8 cm³/mol. The van der Waals surface area contributed by atoms with Gasteiger partial charge >= 0.3 is 0 Å². The number of likely N-dealkylation sites (tertiary alicyclic amines) is 1. The number of carbonyl (C=O) groups excluding carboxylic acids is 1. The van der Waals surface area contributed by atoms with Gasteiger partial charge in [-0.1, -0.05) is 13.8 Å². The van der Waals surface area contributed by atoms with Gasteiger partial charge in [-0.3, -0.25) is 4.79 Å². The van der Waals surface area contributed by atoms with Crippen LogP contribution in [0.4, 0.5) is 5.69 Å². The van der Waals surface area contributed by atoms with Crippen LogP contribution in [0.15, 0.2) is 12.1 Å². The highest BCUT2D eigenvalue weighted by molar-refractivity contribution is 6.01. The lowest BCUT2D eigenvalue weighted by atomic mass is 9.91. The highest BCUT2D eigenvalue weighted by atomic mass is 16.5. The lowest BCUT2D eigenvalue weighted by Gasteiger charge is -2.35. The van der Waals surface area contributed by atoms with Crippen LogP contribution in [0.2, 0.25) is 0 Å². The predicted octanol–water partition coefficient (Wildman–Crippen LogP) is 2.40. The highest BCUT2D eigenvalue weighted by Gasteiger charge is 2.28. The summed E-state index contributed by atoms with van der Waals surface area (Å²) in [5.74, 6) is 2.00. The van der Waals surface area contributed by atoms with Gasteiger partial charge in [0.05, 0.1) is 25.5 Å². The molecule has 0 spiro atoms. The maximum atomic E-state index is 12.8. The smallest absolute Gasteiger partial charge is 0.256 e. The molecule has 1 fully saturated rings. The number of nitrogens with two attached hydrogens (primary N) is 1. The van der Waals surface area contributed by atoms with Crippen molar-refractivity contribution >= 4 is 11.6 Å². The number of hydrogen-bond acceptors (Lipinski definition) is 4. The zero-order valence-electron chi connectivity index (χ0n) is 13.2. The number of ether oxygens (including phenoxy) is 2. The third-order valence-corrected chi connectivity index (χ3v) is 3.96. The van der Waals surface area contributed by atoms with Crippen LogP contribution in [0.1, 0.15) is 30.6 Å². The Hall–Kier alpha value is -1.91. The molecule has 2 rings (SSSR count). The number of nitrogen functional groups attached to an aromatic ring is 1. The number of methoxy groups -OCH3 is 2. The standard InChI is InChI=1S/C16H24N2O3/c1-10-5-11(2)9-18(8-10)16(19)13-6-12(20-3)7-14(21-4)15(13)17/h6-7,10-11H,5,8-9,17H2,1-4H3. The number of benzene rings is 1. The molecule has 0 aliphatic carbocycles. The molecule has 1 heterocycles. The zero-order valence-corrected chi connectivity index (χ0v) is 13.2. The average molecular weight is 292 g/mol. The van der Waals surface area contributed by atoms with Crippen LogP contribution in [-0.4, -0.2) is 38.1 Å². The minimum atomic E-state index is -0.0527. The van der Waals surface area contributed by atoms with Gasteiger partial charge in [-0.15, -0.1) is 0 Å². The Morgan fingerprint density at radius 3 is 2.33 bits per heavy atom. The van der Waals surface area contributed by atoms with Crippen molar-refractivity contribution in [3.63, 3.8) is 0 Å². The number of amides is 1. The Bertz CT molecular complexity index is 520. The van der Waals surface area contributed by atoms with Gasteiger partial charge in [0.1, 0.15) is 11.5 Å². The second kappa shape index (κ2) is 6.24. The number of rotatable bonds is 3. The maximum absolute atomic E-state index is 12.8. The lowest BCUT2D eigenvalue weighted by Crippen LogP contribution is -2.42. The average Bonchev–Trinajstić information content (AvgIpc) is 2.45. The van der Waals surface area contributed by atoms with E-state index in [1.165, 1.54) is 7.11 Å². The third kappa shape index (κ3) is 3.23. The van der Waals surface area contributed by atoms with Crippen LogP contribution < -0.4 is 15.2 Å². The quantitative estimate of drug-likeness (QED) is 0.869. The number of hydrogen-bond donors (Lipinski definition) is 1. The van der Waals surface area contributed by atoms with Gasteiger partial charge in [0.15, 0.2) is 0 Å². The molecule has 2 N–H and O–H groups in total. The van der Waals surface area contributed by atoms with E-state index in [0.717, 1.165) is 19.5 Å². The molecule has 1 amide bonds. The van der Waals surface area contributed by atoms with E-state index in [1.807, 2.05) is 4.90 Å². The van der Waals surface area contributed by atoms with E-state index in [-0.39, 0.29) is 5.91 Å². The van der Waals surface area contributed by atoms with Crippen molar-refractivity contribution in [1.29, 1.82) is 0 Å². The van der Waals surface area contributed by atoms with E-state index in [9.17, 15) is 4.79 Å². The largest absolute Gasteiger partial charge is 0.497 e. The normalized spacial score (nSPS) is 22.0. The van der Waals surface area contributed by atoms with Crippen molar-refractivity contribution in [2.45, 2.75) is 20.3 Å². The molecule has 0 radical (unpaired) electrons. The summed E-state index contributed by atoms with van der Waals surface area (Å²) in [4.78, 5) is 14.7.